The first-order valence-electron chi connectivity index (χ1n) is 6.67. The topological polar surface area (TPSA) is 49.8 Å². The van der Waals surface area contributed by atoms with Gasteiger partial charge in [-0.2, -0.15) is 0 Å². The minimum Gasteiger partial charge on any atom is -0.384 e. The Labute approximate surface area is 120 Å². The summed E-state index contributed by atoms with van der Waals surface area (Å²) in [5, 5.41) is 8.68. The number of hydrogen-bond acceptors (Lipinski definition) is 3. The van der Waals surface area contributed by atoms with Crippen LogP contribution in [0.2, 0.25) is 0 Å². The average molecular weight is 275 g/mol. The van der Waals surface area contributed by atoms with Gasteiger partial charge in [-0.05, 0) is 24.1 Å². The molecule has 0 saturated carbocycles. The summed E-state index contributed by atoms with van der Waals surface area (Å²) in [6, 6.07) is 7.63. The Hall–Kier alpha value is -1.83. The van der Waals surface area contributed by atoms with Crippen LogP contribution in [0, 0.1) is 11.8 Å². The third kappa shape index (κ3) is 5.87. The van der Waals surface area contributed by atoms with E-state index >= 15 is 0 Å². The zero-order chi connectivity index (χ0) is 14.8. The van der Waals surface area contributed by atoms with E-state index in [4.69, 9.17) is 9.84 Å². The quantitative estimate of drug-likeness (QED) is 0.631. The minimum atomic E-state index is -0.155. The summed E-state index contributed by atoms with van der Waals surface area (Å²) in [6.45, 7) is 3.09. The lowest BCUT2D eigenvalue weighted by Crippen LogP contribution is -2.30. The number of hydrogen-bond donors (Lipinski definition) is 1. The van der Waals surface area contributed by atoms with Gasteiger partial charge >= 0.3 is 0 Å². The van der Waals surface area contributed by atoms with Gasteiger partial charge in [-0.1, -0.05) is 30.9 Å². The number of ether oxygens (including phenoxy) is 1. The summed E-state index contributed by atoms with van der Waals surface area (Å²) in [5.41, 5.74) is 1.83. The molecule has 0 aliphatic rings. The number of nitrogens with zero attached hydrogens (tertiary/aromatic N) is 1. The number of carbonyl (C=O) groups excluding carboxylic acids is 1. The molecule has 0 saturated heterocycles. The van der Waals surface area contributed by atoms with E-state index in [1.165, 1.54) is 0 Å². The van der Waals surface area contributed by atoms with Gasteiger partial charge in [0, 0.05) is 25.8 Å². The van der Waals surface area contributed by atoms with Crippen molar-refractivity contribution in [3.05, 3.63) is 35.4 Å². The van der Waals surface area contributed by atoms with Gasteiger partial charge in [-0.3, -0.25) is 4.79 Å². The minimum absolute atomic E-state index is 0.0368. The number of benzene rings is 1. The van der Waals surface area contributed by atoms with Gasteiger partial charge in [0.2, 0.25) is 5.91 Å². The van der Waals surface area contributed by atoms with Crippen molar-refractivity contribution in [3.8, 4) is 11.8 Å². The second-order valence-electron chi connectivity index (χ2n) is 4.46. The molecule has 1 aromatic rings. The SMILES string of the molecule is CCCOCC(=O)N(C)Cc1cccc(C#CCO)c1. The fourth-order valence-corrected chi connectivity index (χ4v) is 1.67. The maximum Gasteiger partial charge on any atom is 0.248 e. The largest absolute Gasteiger partial charge is 0.384 e. The van der Waals surface area contributed by atoms with Crippen LogP contribution in [0.5, 0.6) is 0 Å². The van der Waals surface area contributed by atoms with E-state index in [9.17, 15) is 4.79 Å². The van der Waals surface area contributed by atoms with E-state index in [-0.39, 0.29) is 19.1 Å². The first-order chi connectivity index (χ1) is 9.67. The van der Waals surface area contributed by atoms with Crippen LogP contribution in [0.1, 0.15) is 24.5 Å². The van der Waals surface area contributed by atoms with E-state index in [1.807, 2.05) is 31.2 Å². The molecule has 1 aromatic carbocycles. The summed E-state index contributed by atoms with van der Waals surface area (Å²) >= 11 is 0. The zero-order valence-electron chi connectivity index (χ0n) is 12.1. The van der Waals surface area contributed by atoms with Crippen molar-refractivity contribution in [2.24, 2.45) is 0 Å². The van der Waals surface area contributed by atoms with Crippen molar-refractivity contribution < 1.29 is 14.6 Å². The monoisotopic (exact) mass is 275 g/mol. The highest BCUT2D eigenvalue weighted by Crippen LogP contribution is 2.07. The Morgan fingerprint density at radius 1 is 1.45 bits per heavy atom. The Balaban J connectivity index is 2.56. The van der Waals surface area contributed by atoms with Crippen molar-refractivity contribution >= 4 is 5.91 Å². The van der Waals surface area contributed by atoms with Gasteiger partial charge in [0.15, 0.2) is 0 Å². The second-order valence-corrected chi connectivity index (χ2v) is 4.46. The van der Waals surface area contributed by atoms with Crippen molar-refractivity contribution in [2.75, 3.05) is 26.9 Å². The first-order valence-corrected chi connectivity index (χ1v) is 6.67. The highest BCUT2D eigenvalue weighted by molar-refractivity contribution is 5.77. The molecule has 0 aromatic heterocycles. The molecule has 0 fully saturated rings. The molecule has 1 rings (SSSR count). The van der Waals surface area contributed by atoms with E-state index in [0.717, 1.165) is 17.5 Å². The van der Waals surface area contributed by atoms with E-state index in [0.29, 0.717) is 13.2 Å². The average Bonchev–Trinajstić information content (AvgIpc) is 2.45. The van der Waals surface area contributed by atoms with Gasteiger partial charge in [-0.15, -0.1) is 0 Å². The van der Waals surface area contributed by atoms with Gasteiger partial charge in [0.05, 0.1) is 0 Å². The summed E-state index contributed by atoms with van der Waals surface area (Å²) in [5.74, 6) is 5.42. The van der Waals surface area contributed by atoms with Crippen LogP contribution in [-0.2, 0) is 16.1 Å². The Bertz CT molecular complexity index is 488. The van der Waals surface area contributed by atoms with E-state index in [1.54, 1.807) is 11.9 Å². The van der Waals surface area contributed by atoms with Gasteiger partial charge in [0.25, 0.3) is 0 Å². The van der Waals surface area contributed by atoms with Crippen LogP contribution in [0.25, 0.3) is 0 Å². The molecule has 0 spiro atoms. The Morgan fingerprint density at radius 3 is 2.95 bits per heavy atom. The van der Waals surface area contributed by atoms with Crippen LogP contribution < -0.4 is 0 Å². The number of likely N-dealkylation sites (N-methyl/N-ethyl adjacent to an activating group) is 1. The molecule has 0 aliphatic carbocycles. The molecular formula is C16H21NO3. The summed E-state index contributed by atoms with van der Waals surface area (Å²) in [6.07, 6.45) is 0.905. The van der Waals surface area contributed by atoms with Gasteiger partial charge in [0.1, 0.15) is 13.2 Å². The van der Waals surface area contributed by atoms with Crippen molar-refractivity contribution in [3.63, 3.8) is 0 Å². The first kappa shape index (κ1) is 16.2. The molecule has 0 atom stereocenters. The van der Waals surface area contributed by atoms with Crippen LogP contribution in [-0.4, -0.2) is 42.8 Å². The molecule has 4 nitrogen and oxygen atoms in total. The lowest BCUT2D eigenvalue weighted by molar-refractivity contribution is -0.135. The number of carbonyl (C=O) groups is 1. The van der Waals surface area contributed by atoms with Crippen LogP contribution >= 0.6 is 0 Å². The third-order valence-electron chi connectivity index (χ3n) is 2.66. The fourth-order valence-electron chi connectivity index (χ4n) is 1.67. The highest BCUT2D eigenvalue weighted by Gasteiger charge is 2.09. The molecular weight excluding hydrogens is 254 g/mol. The lowest BCUT2D eigenvalue weighted by Gasteiger charge is -2.17. The summed E-state index contributed by atoms with van der Waals surface area (Å²) in [4.78, 5) is 13.5. The van der Waals surface area contributed by atoms with E-state index < -0.39 is 0 Å². The second kappa shape index (κ2) is 9.13. The van der Waals surface area contributed by atoms with Crippen molar-refractivity contribution in [1.82, 2.24) is 4.90 Å². The van der Waals surface area contributed by atoms with Crippen LogP contribution in [0.4, 0.5) is 0 Å². The maximum atomic E-state index is 11.8. The molecule has 0 heterocycles. The molecule has 0 unspecified atom stereocenters. The molecule has 1 N–H and O–H groups in total. The molecule has 108 valence electrons. The molecule has 0 bridgehead atoms. The molecule has 0 aliphatic heterocycles. The number of amides is 1. The van der Waals surface area contributed by atoms with Crippen molar-refractivity contribution in [1.29, 1.82) is 0 Å². The molecule has 4 heteroatoms. The normalized spacial score (nSPS) is 9.75. The zero-order valence-corrected chi connectivity index (χ0v) is 12.1. The van der Waals surface area contributed by atoms with Crippen LogP contribution in [0.15, 0.2) is 24.3 Å². The summed E-state index contributed by atoms with van der Waals surface area (Å²) < 4.78 is 5.24. The smallest absolute Gasteiger partial charge is 0.248 e. The van der Waals surface area contributed by atoms with Crippen molar-refractivity contribution in [2.45, 2.75) is 19.9 Å². The number of rotatable bonds is 6. The number of aliphatic hydroxyl groups is 1. The summed E-state index contributed by atoms with van der Waals surface area (Å²) in [7, 11) is 1.75. The molecule has 0 radical (unpaired) electrons. The Kier molecular flexibility index (Phi) is 7.41. The molecule has 20 heavy (non-hydrogen) atoms. The van der Waals surface area contributed by atoms with Crippen LogP contribution in [0.3, 0.4) is 0 Å². The molecule has 1 amide bonds. The van der Waals surface area contributed by atoms with E-state index in [2.05, 4.69) is 11.8 Å². The fraction of sp³-hybridized carbons (Fsp3) is 0.438. The lowest BCUT2D eigenvalue weighted by atomic mass is 10.1. The third-order valence-corrected chi connectivity index (χ3v) is 2.66. The predicted octanol–water partition coefficient (Wildman–Crippen LogP) is 1.42. The van der Waals surface area contributed by atoms with Gasteiger partial charge < -0.3 is 14.7 Å². The maximum absolute atomic E-state index is 11.8. The predicted molar refractivity (Wildman–Crippen MR) is 78.0 cm³/mol. The van der Waals surface area contributed by atoms with Gasteiger partial charge in [-0.25, -0.2) is 0 Å². The highest BCUT2D eigenvalue weighted by atomic mass is 16.5. The Morgan fingerprint density at radius 2 is 2.25 bits per heavy atom. The number of aliphatic hydroxyl groups excluding tert-OH is 1. The standard InChI is InChI=1S/C16H21NO3/c1-3-10-20-13-16(19)17(2)12-15-7-4-6-14(11-15)8-5-9-18/h4,6-7,11,18H,3,9-10,12-13H2,1-2H3.